The van der Waals surface area contributed by atoms with E-state index in [4.69, 9.17) is 9.26 Å². The van der Waals surface area contributed by atoms with Crippen molar-refractivity contribution in [3.05, 3.63) is 29.8 Å². The van der Waals surface area contributed by atoms with Crippen LogP contribution in [0.1, 0.15) is 65.4 Å². The molecule has 39 heavy (non-hydrogen) atoms. The Morgan fingerprint density at radius 1 is 1.21 bits per heavy atom. The van der Waals surface area contributed by atoms with Gasteiger partial charge in [-0.05, 0) is 65.0 Å². The van der Waals surface area contributed by atoms with E-state index in [1.165, 1.54) is 0 Å². The Kier molecular flexibility index (Phi) is 9.62. The highest BCUT2D eigenvalue weighted by Gasteiger charge is 2.56. The Balaban J connectivity index is 1.94. The molecule has 1 heterocycles. The molecule has 2 aliphatic rings. The maximum absolute atomic E-state index is 14.0. The average molecular weight is 567 g/mol. The van der Waals surface area contributed by atoms with Gasteiger partial charge in [0, 0.05) is 5.69 Å². The molecule has 216 valence electrons. The Bertz CT molecular complexity index is 1140. The van der Waals surface area contributed by atoms with E-state index in [9.17, 15) is 33.7 Å². The van der Waals surface area contributed by atoms with Crippen molar-refractivity contribution in [2.45, 2.75) is 77.9 Å². The summed E-state index contributed by atoms with van der Waals surface area (Å²) in [6.45, 7) is 5.37. The van der Waals surface area contributed by atoms with Crippen LogP contribution in [0.5, 0.6) is 0 Å². The van der Waals surface area contributed by atoms with Gasteiger partial charge in [-0.1, -0.05) is 31.0 Å². The van der Waals surface area contributed by atoms with E-state index in [2.05, 4.69) is 5.32 Å². The standard InChI is InChI=1S/C27H39N2O9P/c1-5-38-39(35,36)21(17-37-25(34)26(2,3)4)27(14-8-9-15-27)24(33)28-19-13-12-18-10-6-7-11-20(18)29(23(19)32)16-22(30)31/h6-7,10-11,19,21H,5,8-9,12-17H2,1-4H3,(H,28,33)(H,30,31)(H,35,36)/t19-,21?/m0/s1. The third kappa shape index (κ3) is 6.88. The Labute approximate surface area is 228 Å². The van der Waals surface area contributed by atoms with Gasteiger partial charge in [0.25, 0.3) is 0 Å². The minimum absolute atomic E-state index is 0.0846. The molecule has 2 amide bonds. The van der Waals surface area contributed by atoms with Crippen LogP contribution in [-0.4, -0.2) is 65.2 Å². The topological polar surface area (TPSA) is 160 Å². The Morgan fingerprint density at radius 2 is 1.85 bits per heavy atom. The number of rotatable bonds is 10. The molecule has 1 saturated carbocycles. The fourth-order valence-corrected chi connectivity index (χ4v) is 7.19. The summed E-state index contributed by atoms with van der Waals surface area (Å²) >= 11 is 0. The van der Waals surface area contributed by atoms with E-state index in [1.54, 1.807) is 45.9 Å². The van der Waals surface area contributed by atoms with Crippen LogP contribution in [0.3, 0.4) is 0 Å². The lowest BCUT2D eigenvalue weighted by molar-refractivity contribution is -0.154. The van der Waals surface area contributed by atoms with Gasteiger partial charge in [0.05, 0.1) is 17.4 Å². The molecule has 1 fully saturated rings. The highest BCUT2D eigenvalue weighted by Crippen LogP contribution is 2.59. The summed E-state index contributed by atoms with van der Waals surface area (Å²) in [4.78, 5) is 63.8. The smallest absolute Gasteiger partial charge is 0.335 e. The van der Waals surface area contributed by atoms with Gasteiger partial charge in [0.1, 0.15) is 24.9 Å². The molecule has 3 atom stereocenters. The summed E-state index contributed by atoms with van der Waals surface area (Å²) in [6, 6.07) is 5.94. The summed E-state index contributed by atoms with van der Waals surface area (Å²) < 4.78 is 24.1. The van der Waals surface area contributed by atoms with Crippen LogP contribution in [0.15, 0.2) is 24.3 Å². The third-order valence-corrected chi connectivity index (χ3v) is 9.49. The van der Waals surface area contributed by atoms with Crippen LogP contribution in [0.25, 0.3) is 0 Å². The van der Waals surface area contributed by atoms with Crippen LogP contribution in [0, 0.1) is 10.8 Å². The first-order valence-corrected chi connectivity index (χ1v) is 14.9. The van der Waals surface area contributed by atoms with Crippen molar-refractivity contribution in [1.82, 2.24) is 5.32 Å². The number of aliphatic carboxylic acids is 1. The molecule has 0 aromatic heterocycles. The van der Waals surface area contributed by atoms with Gasteiger partial charge in [-0.15, -0.1) is 0 Å². The molecule has 11 nitrogen and oxygen atoms in total. The number of benzene rings is 1. The molecule has 0 saturated heterocycles. The van der Waals surface area contributed by atoms with E-state index in [-0.39, 0.29) is 25.9 Å². The van der Waals surface area contributed by atoms with Crippen molar-refractivity contribution < 1.29 is 43.0 Å². The molecule has 3 rings (SSSR count). The van der Waals surface area contributed by atoms with Crippen molar-refractivity contribution in [3.8, 4) is 0 Å². The fraction of sp³-hybridized carbons (Fsp3) is 0.630. The number of ether oxygens (including phenoxy) is 1. The number of aryl methyl sites for hydroxylation is 1. The molecule has 1 aromatic carbocycles. The van der Waals surface area contributed by atoms with Crippen LogP contribution in [0.2, 0.25) is 0 Å². The van der Waals surface area contributed by atoms with Gasteiger partial charge in [0.15, 0.2) is 0 Å². The lowest BCUT2D eigenvalue weighted by atomic mass is 9.81. The SMILES string of the molecule is CCOP(=O)(O)C(COC(=O)C(C)(C)C)C1(C(=O)N[C@H]2CCc3ccccc3N(CC(=O)O)C2=O)CCCC1. The number of fused-ring (bicyclic) bond motifs is 1. The summed E-state index contributed by atoms with van der Waals surface area (Å²) in [7, 11) is -4.45. The Hall–Kier alpha value is -2.75. The second kappa shape index (κ2) is 12.2. The van der Waals surface area contributed by atoms with Gasteiger partial charge < -0.3 is 24.6 Å². The van der Waals surface area contributed by atoms with E-state index in [1.807, 2.05) is 6.07 Å². The number of nitrogens with one attached hydrogen (secondary N) is 1. The van der Waals surface area contributed by atoms with Gasteiger partial charge in [-0.3, -0.25) is 28.6 Å². The first-order chi connectivity index (χ1) is 18.2. The molecule has 0 radical (unpaired) electrons. The molecule has 0 bridgehead atoms. The molecule has 3 N–H and O–H groups in total. The second-order valence-corrected chi connectivity index (χ2v) is 13.2. The number of nitrogens with zero attached hydrogens (tertiary/aromatic N) is 1. The molecular weight excluding hydrogens is 527 g/mol. The zero-order valence-electron chi connectivity index (χ0n) is 23.0. The number of hydrogen-bond donors (Lipinski definition) is 3. The monoisotopic (exact) mass is 566 g/mol. The molecule has 12 heteroatoms. The van der Waals surface area contributed by atoms with Crippen molar-refractivity contribution in [3.63, 3.8) is 0 Å². The van der Waals surface area contributed by atoms with Crippen molar-refractivity contribution in [1.29, 1.82) is 0 Å². The number of para-hydroxylation sites is 1. The zero-order chi connectivity index (χ0) is 29.0. The lowest BCUT2D eigenvalue weighted by Crippen LogP contribution is -2.56. The fourth-order valence-electron chi connectivity index (χ4n) is 5.38. The van der Waals surface area contributed by atoms with Crippen LogP contribution >= 0.6 is 7.60 Å². The summed E-state index contributed by atoms with van der Waals surface area (Å²) in [5.74, 6) is -2.96. The maximum atomic E-state index is 14.0. The molecule has 1 aliphatic heterocycles. The third-order valence-electron chi connectivity index (χ3n) is 7.43. The van der Waals surface area contributed by atoms with E-state index >= 15 is 0 Å². The summed E-state index contributed by atoms with van der Waals surface area (Å²) in [5.41, 5.74) is -2.37. The number of amides is 2. The van der Waals surface area contributed by atoms with Gasteiger partial charge >= 0.3 is 19.5 Å². The maximum Gasteiger partial charge on any atom is 0.335 e. The summed E-state index contributed by atoms with van der Waals surface area (Å²) in [5, 5.41) is 12.3. The number of carboxylic acids is 1. The van der Waals surface area contributed by atoms with Crippen LogP contribution in [0.4, 0.5) is 5.69 Å². The molecule has 1 aliphatic carbocycles. The minimum Gasteiger partial charge on any atom is -0.480 e. The van der Waals surface area contributed by atoms with E-state index < -0.39 is 67.0 Å². The van der Waals surface area contributed by atoms with Gasteiger partial charge in [-0.25, -0.2) is 0 Å². The molecular formula is C27H39N2O9P. The predicted octanol–water partition coefficient (Wildman–Crippen LogP) is 3.28. The lowest BCUT2D eigenvalue weighted by Gasteiger charge is -2.38. The molecule has 0 spiro atoms. The number of carbonyl (C=O) groups is 4. The summed E-state index contributed by atoms with van der Waals surface area (Å²) in [6.07, 6.45) is 2.32. The van der Waals surface area contributed by atoms with E-state index in [0.717, 1.165) is 10.5 Å². The number of hydrogen-bond acceptors (Lipinski definition) is 7. The number of esters is 1. The predicted molar refractivity (Wildman–Crippen MR) is 143 cm³/mol. The second-order valence-electron chi connectivity index (χ2n) is 11.2. The number of carboxylic acid groups (broad SMARTS) is 1. The minimum atomic E-state index is -4.45. The zero-order valence-corrected chi connectivity index (χ0v) is 23.9. The van der Waals surface area contributed by atoms with Gasteiger partial charge in [0.2, 0.25) is 11.8 Å². The number of carbonyl (C=O) groups excluding carboxylic acids is 3. The largest absolute Gasteiger partial charge is 0.480 e. The van der Waals surface area contributed by atoms with Gasteiger partial charge in [-0.2, -0.15) is 0 Å². The van der Waals surface area contributed by atoms with E-state index in [0.29, 0.717) is 24.9 Å². The average Bonchev–Trinajstić information content (AvgIpc) is 3.30. The molecule has 2 unspecified atom stereocenters. The van der Waals surface area contributed by atoms with Crippen LogP contribution in [-0.2, 0) is 39.4 Å². The first-order valence-electron chi connectivity index (χ1n) is 13.3. The quantitative estimate of drug-likeness (QED) is 0.285. The van der Waals surface area contributed by atoms with Crippen molar-refractivity contribution in [2.75, 3.05) is 24.7 Å². The highest BCUT2D eigenvalue weighted by atomic mass is 31.2. The van der Waals surface area contributed by atoms with Crippen LogP contribution < -0.4 is 10.2 Å². The highest BCUT2D eigenvalue weighted by molar-refractivity contribution is 7.53. The molecule has 1 aromatic rings. The number of anilines is 1. The van der Waals surface area contributed by atoms with Crippen molar-refractivity contribution >= 4 is 37.0 Å². The Morgan fingerprint density at radius 3 is 2.44 bits per heavy atom. The first kappa shape index (κ1) is 30.8. The normalized spacial score (nSPS) is 21.3. The van der Waals surface area contributed by atoms with Crippen molar-refractivity contribution in [2.24, 2.45) is 10.8 Å².